The molecule has 2 aromatic rings. The van der Waals surface area contributed by atoms with Gasteiger partial charge in [0.2, 0.25) is 0 Å². The van der Waals surface area contributed by atoms with Crippen molar-refractivity contribution in [2.24, 2.45) is 0 Å². The van der Waals surface area contributed by atoms with Gasteiger partial charge in [-0.25, -0.2) is 0 Å². The fourth-order valence-electron chi connectivity index (χ4n) is 2.14. The van der Waals surface area contributed by atoms with Crippen molar-refractivity contribution in [3.63, 3.8) is 0 Å². The minimum Gasteiger partial charge on any atom is -0.497 e. The number of amides is 1. The highest BCUT2D eigenvalue weighted by molar-refractivity contribution is 6.05. The van der Waals surface area contributed by atoms with Crippen LogP contribution < -0.4 is 14.8 Å². The Morgan fingerprint density at radius 3 is 1.95 bits per heavy atom. The first-order valence-corrected chi connectivity index (χ1v) is 6.65. The molecule has 0 aliphatic rings. The van der Waals surface area contributed by atoms with Gasteiger partial charge in [-0.2, -0.15) is 0 Å². The smallest absolute Gasteiger partial charge is 0.255 e. The van der Waals surface area contributed by atoms with E-state index in [-0.39, 0.29) is 5.91 Å². The Morgan fingerprint density at radius 2 is 1.48 bits per heavy atom. The maximum atomic E-state index is 12.4. The Bertz CT molecular complexity index is 623. The van der Waals surface area contributed by atoms with Gasteiger partial charge in [-0.1, -0.05) is 18.2 Å². The van der Waals surface area contributed by atoms with E-state index in [1.807, 2.05) is 32.0 Å². The van der Waals surface area contributed by atoms with Gasteiger partial charge < -0.3 is 14.8 Å². The zero-order chi connectivity index (χ0) is 15.4. The minimum atomic E-state index is -0.190. The van der Waals surface area contributed by atoms with E-state index in [4.69, 9.17) is 9.47 Å². The fraction of sp³-hybridized carbons (Fsp3) is 0.235. The normalized spacial score (nSPS) is 10.1. The molecule has 0 saturated carbocycles. The summed E-state index contributed by atoms with van der Waals surface area (Å²) in [5, 5.41) is 2.95. The van der Waals surface area contributed by atoms with Crippen molar-refractivity contribution in [1.82, 2.24) is 0 Å². The summed E-state index contributed by atoms with van der Waals surface area (Å²) in [5.74, 6) is 0.978. The number of carbonyl (C=O) groups is 1. The summed E-state index contributed by atoms with van der Waals surface area (Å²) in [4.78, 5) is 12.4. The molecule has 0 unspecified atom stereocenters. The van der Waals surface area contributed by atoms with Gasteiger partial charge in [0.25, 0.3) is 5.91 Å². The van der Waals surface area contributed by atoms with E-state index in [0.29, 0.717) is 17.1 Å². The number of ether oxygens (including phenoxy) is 2. The molecule has 0 heterocycles. The van der Waals surface area contributed by atoms with Crippen LogP contribution in [0, 0.1) is 13.8 Å². The number of nitrogens with one attached hydrogen (secondary N) is 1. The standard InChI is InChI=1S/C17H19NO3/c1-11-6-5-7-12(2)16(11)18-17(19)13-8-14(20-3)10-15(9-13)21-4/h5-10H,1-4H3,(H,18,19). The van der Waals surface area contributed by atoms with E-state index in [0.717, 1.165) is 16.8 Å². The monoisotopic (exact) mass is 285 g/mol. The topological polar surface area (TPSA) is 47.6 Å². The summed E-state index contributed by atoms with van der Waals surface area (Å²) in [5.41, 5.74) is 3.38. The highest BCUT2D eigenvalue weighted by atomic mass is 16.5. The van der Waals surface area contributed by atoms with E-state index < -0.39 is 0 Å². The fourth-order valence-corrected chi connectivity index (χ4v) is 2.14. The van der Waals surface area contributed by atoms with Gasteiger partial charge in [0.15, 0.2) is 0 Å². The molecule has 110 valence electrons. The zero-order valence-electron chi connectivity index (χ0n) is 12.7. The molecule has 0 aromatic heterocycles. The third kappa shape index (κ3) is 3.34. The largest absolute Gasteiger partial charge is 0.497 e. The number of hydrogen-bond acceptors (Lipinski definition) is 3. The SMILES string of the molecule is COc1cc(OC)cc(C(=O)Nc2c(C)cccc2C)c1. The average molecular weight is 285 g/mol. The van der Waals surface area contributed by atoms with Crippen LogP contribution in [0.15, 0.2) is 36.4 Å². The first kappa shape index (κ1) is 14.9. The van der Waals surface area contributed by atoms with Crippen LogP contribution in [-0.4, -0.2) is 20.1 Å². The molecular weight excluding hydrogens is 266 g/mol. The molecule has 0 saturated heterocycles. The number of benzene rings is 2. The lowest BCUT2D eigenvalue weighted by Gasteiger charge is -2.13. The number of aryl methyl sites for hydroxylation is 2. The highest BCUT2D eigenvalue weighted by Gasteiger charge is 2.12. The van der Waals surface area contributed by atoms with Crippen LogP contribution in [0.4, 0.5) is 5.69 Å². The van der Waals surface area contributed by atoms with E-state index in [9.17, 15) is 4.79 Å². The Morgan fingerprint density at radius 1 is 0.952 bits per heavy atom. The maximum absolute atomic E-state index is 12.4. The zero-order valence-corrected chi connectivity index (χ0v) is 12.7. The molecule has 0 atom stereocenters. The highest BCUT2D eigenvalue weighted by Crippen LogP contribution is 2.25. The number of carbonyl (C=O) groups excluding carboxylic acids is 1. The lowest BCUT2D eigenvalue weighted by atomic mass is 10.1. The van der Waals surface area contributed by atoms with Crippen molar-refractivity contribution in [2.75, 3.05) is 19.5 Å². The van der Waals surface area contributed by atoms with Gasteiger partial charge in [0, 0.05) is 17.3 Å². The van der Waals surface area contributed by atoms with Gasteiger partial charge >= 0.3 is 0 Å². The van der Waals surface area contributed by atoms with Crippen LogP contribution >= 0.6 is 0 Å². The molecule has 0 aliphatic heterocycles. The van der Waals surface area contributed by atoms with Crippen molar-refractivity contribution in [3.05, 3.63) is 53.1 Å². The molecule has 0 spiro atoms. The van der Waals surface area contributed by atoms with Crippen LogP contribution in [0.25, 0.3) is 0 Å². The number of methoxy groups -OCH3 is 2. The molecule has 4 heteroatoms. The van der Waals surface area contributed by atoms with Gasteiger partial charge in [-0.3, -0.25) is 4.79 Å². The molecule has 0 radical (unpaired) electrons. The molecule has 1 amide bonds. The first-order valence-electron chi connectivity index (χ1n) is 6.65. The Hall–Kier alpha value is -2.49. The number of para-hydroxylation sites is 1. The third-order valence-electron chi connectivity index (χ3n) is 3.33. The number of anilines is 1. The van der Waals surface area contributed by atoms with Gasteiger partial charge in [0.05, 0.1) is 14.2 Å². The number of rotatable bonds is 4. The van der Waals surface area contributed by atoms with Crippen LogP contribution in [0.3, 0.4) is 0 Å². The van der Waals surface area contributed by atoms with Crippen molar-refractivity contribution >= 4 is 11.6 Å². The van der Waals surface area contributed by atoms with Gasteiger partial charge in [0.1, 0.15) is 11.5 Å². The second kappa shape index (κ2) is 6.31. The maximum Gasteiger partial charge on any atom is 0.255 e. The lowest BCUT2D eigenvalue weighted by molar-refractivity contribution is 0.102. The van der Waals surface area contributed by atoms with E-state index in [2.05, 4.69) is 5.32 Å². The summed E-state index contributed by atoms with van der Waals surface area (Å²) >= 11 is 0. The predicted molar refractivity (Wildman–Crippen MR) is 83.4 cm³/mol. The van der Waals surface area contributed by atoms with Crippen molar-refractivity contribution in [3.8, 4) is 11.5 Å². The third-order valence-corrected chi connectivity index (χ3v) is 3.33. The molecule has 0 aliphatic carbocycles. The van der Waals surface area contributed by atoms with Crippen molar-refractivity contribution in [2.45, 2.75) is 13.8 Å². The molecule has 2 aromatic carbocycles. The summed E-state index contributed by atoms with van der Waals surface area (Å²) < 4.78 is 10.4. The van der Waals surface area contributed by atoms with Crippen LogP contribution in [0.2, 0.25) is 0 Å². The van der Waals surface area contributed by atoms with E-state index >= 15 is 0 Å². The molecule has 0 fully saturated rings. The summed E-state index contributed by atoms with van der Waals surface area (Å²) in [6.07, 6.45) is 0. The summed E-state index contributed by atoms with van der Waals surface area (Å²) in [6.45, 7) is 3.93. The molecule has 0 bridgehead atoms. The molecule has 1 N–H and O–H groups in total. The minimum absolute atomic E-state index is 0.190. The lowest BCUT2D eigenvalue weighted by Crippen LogP contribution is -2.14. The van der Waals surface area contributed by atoms with Crippen LogP contribution in [-0.2, 0) is 0 Å². The number of hydrogen-bond donors (Lipinski definition) is 1. The van der Waals surface area contributed by atoms with E-state index in [1.54, 1.807) is 32.4 Å². The van der Waals surface area contributed by atoms with Gasteiger partial charge in [-0.05, 0) is 37.1 Å². The average Bonchev–Trinajstić information content (AvgIpc) is 2.50. The first-order chi connectivity index (χ1) is 10.0. The molecule has 21 heavy (non-hydrogen) atoms. The van der Waals surface area contributed by atoms with Crippen molar-refractivity contribution < 1.29 is 14.3 Å². The predicted octanol–water partition coefficient (Wildman–Crippen LogP) is 3.57. The Labute approximate surface area is 124 Å². The summed E-state index contributed by atoms with van der Waals surface area (Å²) in [6, 6.07) is 11.0. The Kier molecular flexibility index (Phi) is 4.48. The van der Waals surface area contributed by atoms with Crippen molar-refractivity contribution in [1.29, 1.82) is 0 Å². The molecular formula is C17H19NO3. The summed E-state index contributed by atoms with van der Waals surface area (Å²) in [7, 11) is 3.11. The van der Waals surface area contributed by atoms with E-state index in [1.165, 1.54) is 0 Å². The van der Waals surface area contributed by atoms with Crippen LogP contribution in [0.1, 0.15) is 21.5 Å². The molecule has 4 nitrogen and oxygen atoms in total. The quantitative estimate of drug-likeness (QED) is 0.934. The van der Waals surface area contributed by atoms with Crippen LogP contribution in [0.5, 0.6) is 11.5 Å². The van der Waals surface area contributed by atoms with Gasteiger partial charge in [-0.15, -0.1) is 0 Å². The Balaban J connectivity index is 2.32. The second-order valence-electron chi connectivity index (χ2n) is 4.82. The second-order valence-corrected chi connectivity index (χ2v) is 4.82. The molecule has 2 rings (SSSR count).